The molecule has 1 rings (SSSR count). The van der Waals surface area contributed by atoms with Gasteiger partial charge in [-0.15, -0.1) is 0 Å². The molecular weight excluding hydrogens is 156 g/mol. The number of aromatic hydroxyl groups is 1. The van der Waals surface area contributed by atoms with Crippen molar-refractivity contribution in [3.05, 3.63) is 29.3 Å². The number of aliphatic hydroxyl groups is 1. The standard InChI is InChI=1S/C9H10O3/c1-6(11)8-4-2-3-7(5-10)9(8)12/h2-4,10,12H,5H2,1H3. The molecule has 2 N–H and O–H groups in total. The van der Waals surface area contributed by atoms with Crippen molar-refractivity contribution in [3.63, 3.8) is 0 Å². The Balaban J connectivity index is 3.23. The lowest BCUT2D eigenvalue weighted by Crippen LogP contribution is -1.95. The van der Waals surface area contributed by atoms with E-state index < -0.39 is 0 Å². The smallest absolute Gasteiger partial charge is 0.163 e. The molecule has 0 unspecified atom stereocenters. The zero-order chi connectivity index (χ0) is 9.14. The van der Waals surface area contributed by atoms with Gasteiger partial charge >= 0.3 is 0 Å². The van der Waals surface area contributed by atoms with E-state index in [4.69, 9.17) is 5.11 Å². The van der Waals surface area contributed by atoms with Crippen LogP contribution >= 0.6 is 0 Å². The maximum Gasteiger partial charge on any atom is 0.163 e. The molecule has 0 bridgehead atoms. The van der Waals surface area contributed by atoms with Crippen LogP contribution < -0.4 is 0 Å². The van der Waals surface area contributed by atoms with Crippen LogP contribution in [0.1, 0.15) is 22.8 Å². The SMILES string of the molecule is CC(=O)c1cccc(CO)c1O. The molecule has 0 aliphatic rings. The predicted octanol–water partition coefficient (Wildman–Crippen LogP) is 1.09. The number of phenols is 1. The highest BCUT2D eigenvalue weighted by Crippen LogP contribution is 2.22. The number of aliphatic hydroxyl groups excluding tert-OH is 1. The van der Waals surface area contributed by atoms with Gasteiger partial charge in [-0.1, -0.05) is 12.1 Å². The van der Waals surface area contributed by atoms with E-state index in [1.54, 1.807) is 12.1 Å². The molecule has 0 saturated carbocycles. The Morgan fingerprint density at radius 2 is 2.17 bits per heavy atom. The lowest BCUT2D eigenvalue weighted by molar-refractivity contribution is 0.101. The molecule has 64 valence electrons. The van der Waals surface area contributed by atoms with Gasteiger partial charge in [0, 0.05) is 5.56 Å². The lowest BCUT2D eigenvalue weighted by Gasteiger charge is -2.03. The summed E-state index contributed by atoms with van der Waals surface area (Å²) in [7, 11) is 0. The number of benzene rings is 1. The van der Waals surface area contributed by atoms with Gasteiger partial charge in [0.15, 0.2) is 5.78 Å². The second-order valence-electron chi connectivity index (χ2n) is 2.53. The Morgan fingerprint density at radius 1 is 1.50 bits per heavy atom. The second-order valence-corrected chi connectivity index (χ2v) is 2.53. The molecule has 0 aliphatic carbocycles. The van der Waals surface area contributed by atoms with Crippen LogP contribution in [0.25, 0.3) is 0 Å². The van der Waals surface area contributed by atoms with Gasteiger partial charge in [-0.05, 0) is 13.0 Å². The number of carbonyl (C=O) groups excluding carboxylic acids is 1. The van der Waals surface area contributed by atoms with Gasteiger partial charge in [-0.2, -0.15) is 0 Å². The van der Waals surface area contributed by atoms with Gasteiger partial charge in [0.25, 0.3) is 0 Å². The van der Waals surface area contributed by atoms with E-state index in [1.807, 2.05) is 0 Å². The Labute approximate surface area is 70.3 Å². The molecule has 12 heavy (non-hydrogen) atoms. The van der Waals surface area contributed by atoms with Crippen molar-refractivity contribution in [1.29, 1.82) is 0 Å². The molecule has 1 aromatic carbocycles. The second kappa shape index (κ2) is 3.36. The normalized spacial score (nSPS) is 9.83. The summed E-state index contributed by atoms with van der Waals surface area (Å²) in [5.74, 6) is -0.324. The van der Waals surface area contributed by atoms with Gasteiger partial charge in [0.1, 0.15) is 5.75 Å². The van der Waals surface area contributed by atoms with Crippen LogP contribution in [0.3, 0.4) is 0 Å². The third-order valence-electron chi connectivity index (χ3n) is 1.67. The Hall–Kier alpha value is -1.35. The van der Waals surface area contributed by atoms with Gasteiger partial charge in [-0.25, -0.2) is 0 Å². The molecule has 0 aromatic heterocycles. The summed E-state index contributed by atoms with van der Waals surface area (Å²) in [6.45, 7) is 1.11. The predicted molar refractivity (Wildman–Crippen MR) is 44.0 cm³/mol. The zero-order valence-electron chi connectivity index (χ0n) is 6.74. The van der Waals surface area contributed by atoms with Crippen LogP contribution in [-0.4, -0.2) is 16.0 Å². The third-order valence-corrected chi connectivity index (χ3v) is 1.67. The molecule has 0 aliphatic heterocycles. The van der Waals surface area contributed by atoms with Crippen LogP contribution in [0.5, 0.6) is 5.75 Å². The molecule has 0 amide bonds. The number of para-hydroxylation sites is 1. The highest BCUT2D eigenvalue weighted by molar-refractivity contribution is 5.97. The van der Waals surface area contributed by atoms with E-state index in [0.29, 0.717) is 5.56 Å². The number of Topliss-reactive ketones (excluding diaryl/α,β-unsaturated/α-hetero) is 1. The number of hydrogen-bond donors (Lipinski definition) is 2. The number of carbonyl (C=O) groups is 1. The fourth-order valence-electron chi connectivity index (χ4n) is 1.00. The quantitative estimate of drug-likeness (QED) is 0.646. The minimum Gasteiger partial charge on any atom is -0.507 e. The van der Waals surface area contributed by atoms with E-state index in [2.05, 4.69) is 0 Å². The molecule has 1 aromatic rings. The summed E-state index contributed by atoms with van der Waals surface area (Å²) in [5, 5.41) is 18.1. The van der Waals surface area contributed by atoms with Crippen LogP contribution in [0, 0.1) is 0 Å². The topological polar surface area (TPSA) is 57.5 Å². The monoisotopic (exact) mass is 166 g/mol. The molecule has 3 nitrogen and oxygen atoms in total. The van der Waals surface area contributed by atoms with E-state index in [1.165, 1.54) is 13.0 Å². The van der Waals surface area contributed by atoms with Crippen LogP contribution in [0.2, 0.25) is 0 Å². The van der Waals surface area contributed by atoms with Gasteiger partial charge in [0.05, 0.1) is 12.2 Å². The Morgan fingerprint density at radius 3 is 2.67 bits per heavy atom. The van der Waals surface area contributed by atoms with E-state index in [9.17, 15) is 9.90 Å². The number of rotatable bonds is 2. The minimum absolute atomic E-state index is 0.118. The van der Waals surface area contributed by atoms with Gasteiger partial charge in [-0.3, -0.25) is 4.79 Å². The van der Waals surface area contributed by atoms with Crippen LogP contribution in [0.4, 0.5) is 0 Å². The van der Waals surface area contributed by atoms with Crippen molar-refractivity contribution in [2.45, 2.75) is 13.5 Å². The molecule has 0 heterocycles. The molecule has 0 atom stereocenters. The zero-order valence-corrected chi connectivity index (χ0v) is 6.74. The fraction of sp³-hybridized carbons (Fsp3) is 0.222. The summed E-state index contributed by atoms with van der Waals surface area (Å²) in [5.41, 5.74) is 0.629. The molecule has 0 radical (unpaired) electrons. The van der Waals surface area contributed by atoms with E-state index >= 15 is 0 Å². The molecule has 0 spiro atoms. The van der Waals surface area contributed by atoms with Crippen molar-refractivity contribution in [3.8, 4) is 5.75 Å². The summed E-state index contributed by atoms with van der Waals surface area (Å²) < 4.78 is 0. The van der Waals surface area contributed by atoms with E-state index in [-0.39, 0.29) is 23.7 Å². The number of ketones is 1. The molecule has 0 fully saturated rings. The van der Waals surface area contributed by atoms with Gasteiger partial charge in [0.2, 0.25) is 0 Å². The molecular formula is C9H10O3. The first-order chi connectivity index (χ1) is 5.66. The van der Waals surface area contributed by atoms with Crippen molar-refractivity contribution in [2.75, 3.05) is 0 Å². The molecule has 0 saturated heterocycles. The van der Waals surface area contributed by atoms with Crippen molar-refractivity contribution < 1.29 is 15.0 Å². The number of hydrogen-bond acceptors (Lipinski definition) is 3. The van der Waals surface area contributed by atoms with Crippen LogP contribution in [0.15, 0.2) is 18.2 Å². The summed E-state index contributed by atoms with van der Waals surface area (Å²) >= 11 is 0. The summed E-state index contributed by atoms with van der Waals surface area (Å²) in [6.07, 6.45) is 0. The van der Waals surface area contributed by atoms with Gasteiger partial charge < -0.3 is 10.2 Å². The average molecular weight is 166 g/mol. The maximum absolute atomic E-state index is 10.9. The maximum atomic E-state index is 10.9. The highest BCUT2D eigenvalue weighted by Gasteiger charge is 2.08. The summed E-state index contributed by atoms with van der Waals surface area (Å²) in [4.78, 5) is 10.9. The van der Waals surface area contributed by atoms with Crippen molar-refractivity contribution >= 4 is 5.78 Å². The first-order valence-corrected chi connectivity index (χ1v) is 3.59. The van der Waals surface area contributed by atoms with Crippen molar-refractivity contribution in [1.82, 2.24) is 0 Å². The average Bonchev–Trinajstić information content (AvgIpc) is 2.04. The Bertz CT molecular complexity index is 305. The van der Waals surface area contributed by atoms with Crippen molar-refractivity contribution in [2.24, 2.45) is 0 Å². The van der Waals surface area contributed by atoms with E-state index in [0.717, 1.165) is 0 Å². The Kier molecular flexibility index (Phi) is 2.45. The minimum atomic E-state index is -0.257. The van der Waals surface area contributed by atoms with Crippen LogP contribution in [-0.2, 0) is 6.61 Å². The largest absolute Gasteiger partial charge is 0.507 e. The third kappa shape index (κ3) is 1.46. The summed E-state index contributed by atoms with van der Waals surface area (Å²) in [6, 6.07) is 4.72. The first kappa shape index (κ1) is 8.74. The first-order valence-electron chi connectivity index (χ1n) is 3.59. The highest BCUT2D eigenvalue weighted by atomic mass is 16.3. The molecule has 3 heteroatoms. The fourth-order valence-corrected chi connectivity index (χ4v) is 1.00. The lowest BCUT2D eigenvalue weighted by atomic mass is 10.1.